The molecule has 0 aliphatic carbocycles. The number of nitrogens with one attached hydrogen (secondary N) is 1. The van der Waals surface area contributed by atoms with E-state index in [1.54, 1.807) is 30.6 Å². The van der Waals surface area contributed by atoms with Gasteiger partial charge in [-0.1, -0.05) is 29.8 Å². The highest BCUT2D eigenvalue weighted by atomic mass is 35.5. The lowest BCUT2D eigenvalue weighted by molar-refractivity contribution is 0.255. The number of primary amides is 1. The number of ether oxygens (including phenoxy) is 2. The van der Waals surface area contributed by atoms with Gasteiger partial charge in [-0.3, -0.25) is 0 Å². The van der Waals surface area contributed by atoms with Crippen LogP contribution >= 0.6 is 11.6 Å². The summed E-state index contributed by atoms with van der Waals surface area (Å²) < 4.78 is 10.7. The minimum atomic E-state index is -0.745. The number of benzene rings is 2. The maximum absolute atomic E-state index is 12.5. The normalized spacial score (nSPS) is 10.4. The molecule has 2 aromatic heterocycles. The van der Waals surface area contributed by atoms with Gasteiger partial charge < -0.3 is 20.5 Å². The SMILES string of the molecule is COc1cc(OC)c(N(C(N)=O)c2cc(-c3ccnc(Nc4ccccc4)c3)ccn2)cc1Cl. The Kier molecular flexibility index (Phi) is 6.79. The van der Waals surface area contributed by atoms with Crippen LogP contribution in [0.2, 0.25) is 5.02 Å². The molecule has 4 aromatic rings. The summed E-state index contributed by atoms with van der Waals surface area (Å²) in [6, 6.07) is 19.5. The lowest BCUT2D eigenvalue weighted by Crippen LogP contribution is -2.32. The van der Waals surface area contributed by atoms with Crippen molar-refractivity contribution in [3.63, 3.8) is 0 Å². The molecule has 34 heavy (non-hydrogen) atoms. The van der Waals surface area contributed by atoms with Crippen molar-refractivity contribution < 1.29 is 14.3 Å². The first kappa shape index (κ1) is 22.9. The Hall–Kier alpha value is -4.30. The molecule has 2 heterocycles. The van der Waals surface area contributed by atoms with Crippen molar-refractivity contribution >= 4 is 40.6 Å². The molecule has 0 atom stereocenters. The summed E-state index contributed by atoms with van der Waals surface area (Å²) in [5.41, 5.74) is 8.69. The summed E-state index contributed by atoms with van der Waals surface area (Å²) in [5.74, 6) is 1.74. The predicted octanol–water partition coefficient (Wildman–Crippen LogP) is 5.77. The fraction of sp³-hybridized carbons (Fsp3) is 0.0800. The van der Waals surface area contributed by atoms with E-state index in [1.165, 1.54) is 19.1 Å². The van der Waals surface area contributed by atoms with Crippen molar-refractivity contribution in [2.45, 2.75) is 0 Å². The highest BCUT2D eigenvalue weighted by molar-refractivity contribution is 6.32. The number of nitrogens with two attached hydrogens (primary N) is 1. The van der Waals surface area contributed by atoms with Gasteiger partial charge in [0.1, 0.15) is 23.1 Å². The van der Waals surface area contributed by atoms with Crippen LogP contribution in [0.25, 0.3) is 11.1 Å². The standard InChI is InChI=1S/C25H22ClN5O3/c1-33-21-15-22(34-2)20(14-19(21)26)31(25(27)32)24-13-17(9-11-29-24)16-8-10-28-23(12-16)30-18-6-4-3-5-7-18/h3-15H,1-2H3,(H2,27,32)(H,28,30). The van der Waals surface area contributed by atoms with Gasteiger partial charge in [0, 0.05) is 24.1 Å². The molecule has 0 fully saturated rings. The van der Waals surface area contributed by atoms with Crippen LogP contribution < -0.4 is 25.4 Å². The lowest BCUT2D eigenvalue weighted by atomic mass is 10.1. The zero-order valence-electron chi connectivity index (χ0n) is 18.5. The van der Waals surface area contributed by atoms with E-state index < -0.39 is 6.03 Å². The van der Waals surface area contributed by atoms with Gasteiger partial charge in [-0.25, -0.2) is 19.7 Å². The minimum absolute atomic E-state index is 0.298. The van der Waals surface area contributed by atoms with Gasteiger partial charge in [0.2, 0.25) is 0 Å². The van der Waals surface area contributed by atoms with Crippen molar-refractivity contribution in [3.8, 4) is 22.6 Å². The average Bonchev–Trinajstić information content (AvgIpc) is 2.85. The van der Waals surface area contributed by atoms with Gasteiger partial charge >= 0.3 is 6.03 Å². The van der Waals surface area contributed by atoms with Gasteiger partial charge in [0.25, 0.3) is 0 Å². The molecule has 0 spiro atoms. The molecule has 4 rings (SSSR count). The summed E-state index contributed by atoms with van der Waals surface area (Å²) >= 11 is 6.31. The minimum Gasteiger partial charge on any atom is -0.495 e. The number of halogens is 1. The van der Waals surface area contributed by atoms with Gasteiger partial charge in [-0.15, -0.1) is 0 Å². The average molecular weight is 476 g/mol. The second-order valence-corrected chi connectivity index (χ2v) is 7.56. The summed E-state index contributed by atoms with van der Waals surface area (Å²) in [6.45, 7) is 0. The number of aromatic nitrogens is 2. The largest absolute Gasteiger partial charge is 0.495 e. The molecule has 2 aromatic carbocycles. The summed E-state index contributed by atoms with van der Waals surface area (Å²) in [4.78, 5) is 22.5. The molecular weight excluding hydrogens is 454 g/mol. The van der Waals surface area contributed by atoms with Crippen LogP contribution in [0.5, 0.6) is 11.5 Å². The van der Waals surface area contributed by atoms with Crippen molar-refractivity contribution in [1.29, 1.82) is 0 Å². The number of nitrogens with zero attached hydrogens (tertiary/aromatic N) is 3. The fourth-order valence-corrected chi connectivity index (χ4v) is 3.68. The number of pyridine rings is 2. The molecule has 3 N–H and O–H groups in total. The molecule has 0 saturated heterocycles. The zero-order chi connectivity index (χ0) is 24.1. The first-order valence-electron chi connectivity index (χ1n) is 10.3. The summed E-state index contributed by atoms with van der Waals surface area (Å²) in [5, 5.41) is 3.57. The second kappa shape index (κ2) is 10.1. The maximum atomic E-state index is 12.5. The predicted molar refractivity (Wildman–Crippen MR) is 133 cm³/mol. The molecule has 0 aliphatic heterocycles. The smallest absolute Gasteiger partial charge is 0.325 e. The Bertz CT molecular complexity index is 1320. The van der Waals surface area contributed by atoms with E-state index >= 15 is 0 Å². The highest BCUT2D eigenvalue weighted by Gasteiger charge is 2.23. The van der Waals surface area contributed by atoms with E-state index in [2.05, 4.69) is 15.3 Å². The van der Waals surface area contributed by atoms with Gasteiger partial charge in [-0.2, -0.15) is 0 Å². The van der Waals surface area contributed by atoms with Crippen LogP contribution in [-0.4, -0.2) is 30.2 Å². The van der Waals surface area contributed by atoms with E-state index in [1.807, 2.05) is 48.5 Å². The number of methoxy groups -OCH3 is 2. The Labute approximate surface area is 201 Å². The molecule has 9 heteroatoms. The van der Waals surface area contributed by atoms with Crippen LogP contribution in [0.15, 0.2) is 79.1 Å². The van der Waals surface area contributed by atoms with Gasteiger partial charge in [0.05, 0.1) is 24.9 Å². The summed E-state index contributed by atoms with van der Waals surface area (Å²) in [7, 11) is 2.97. The van der Waals surface area contributed by atoms with E-state index in [0.29, 0.717) is 33.8 Å². The number of anilines is 4. The number of amides is 2. The van der Waals surface area contributed by atoms with Crippen molar-refractivity contribution in [2.75, 3.05) is 24.4 Å². The maximum Gasteiger partial charge on any atom is 0.325 e. The van der Waals surface area contributed by atoms with E-state index in [9.17, 15) is 4.79 Å². The number of carbonyl (C=O) groups excluding carboxylic acids is 1. The van der Waals surface area contributed by atoms with Gasteiger partial charge in [0.15, 0.2) is 0 Å². The topological polar surface area (TPSA) is 103 Å². The lowest BCUT2D eigenvalue weighted by Gasteiger charge is -2.23. The summed E-state index contributed by atoms with van der Waals surface area (Å²) in [6.07, 6.45) is 3.31. The molecule has 0 radical (unpaired) electrons. The van der Waals surface area contributed by atoms with Crippen molar-refractivity contribution in [3.05, 3.63) is 84.1 Å². The van der Waals surface area contributed by atoms with Crippen molar-refractivity contribution in [2.24, 2.45) is 5.73 Å². The molecule has 0 aliphatic rings. The number of urea groups is 1. The Morgan fingerprint density at radius 3 is 2.26 bits per heavy atom. The van der Waals surface area contributed by atoms with Crippen LogP contribution in [0.3, 0.4) is 0 Å². The molecule has 172 valence electrons. The van der Waals surface area contributed by atoms with Crippen LogP contribution in [0.4, 0.5) is 27.8 Å². The fourth-order valence-electron chi connectivity index (χ4n) is 3.44. The number of hydrogen-bond acceptors (Lipinski definition) is 6. The molecule has 2 amide bonds. The van der Waals surface area contributed by atoms with E-state index in [4.69, 9.17) is 26.8 Å². The van der Waals surface area contributed by atoms with Crippen LogP contribution in [0, 0.1) is 0 Å². The van der Waals surface area contributed by atoms with Crippen LogP contribution in [-0.2, 0) is 0 Å². The molecule has 0 unspecified atom stereocenters. The Morgan fingerprint density at radius 1 is 0.912 bits per heavy atom. The van der Waals surface area contributed by atoms with Crippen LogP contribution in [0.1, 0.15) is 0 Å². The Morgan fingerprint density at radius 2 is 1.59 bits per heavy atom. The first-order valence-corrected chi connectivity index (χ1v) is 10.6. The second-order valence-electron chi connectivity index (χ2n) is 7.16. The third kappa shape index (κ3) is 4.87. The van der Waals surface area contributed by atoms with Crippen molar-refractivity contribution in [1.82, 2.24) is 9.97 Å². The molecule has 0 saturated carbocycles. The zero-order valence-corrected chi connectivity index (χ0v) is 19.3. The quantitative estimate of drug-likeness (QED) is 0.351. The number of para-hydroxylation sites is 1. The van der Waals surface area contributed by atoms with Gasteiger partial charge in [-0.05, 0) is 53.6 Å². The molecule has 8 nitrogen and oxygen atoms in total. The first-order chi connectivity index (χ1) is 16.5. The monoisotopic (exact) mass is 475 g/mol. The molecular formula is C25H22ClN5O3. The third-order valence-corrected chi connectivity index (χ3v) is 5.32. The van der Waals surface area contributed by atoms with E-state index in [-0.39, 0.29) is 0 Å². The number of carbonyl (C=O) groups is 1. The molecule has 0 bridgehead atoms. The number of hydrogen-bond donors (Lipinski definition) is 2. The highest BCUT2D eigenvalue weighted by Crippen LogP contribution is 2.41. The number of rotatable bonds is 7. The van der Waals surface area contributed by atoms with E-state index in [0.717, 1.165) is 16.8 Å². The Balaban J connectivity index is 1.72. The third-order valence-electron chi connectivity index (χ3n) is 5.03.